The maximum absolute atomic E-state index is 13.8. The van der Waals surface area contributed by atoms with E-state index in [2.05, 4.69) is 0 Å². The number of aliphatic hydroxyl groups is 1. The lowest BCUT2D eigenvalue weighted by molar-refractivity contribution is -0.132. The van der Waals surface area contributed by atoms with Crippen LogP contribution in [0.4, 0.5) is 8.78 Å². The van der Waals surface area contributed by atoms with Crippen LogP contribution in [0.2, 0.25) is 0 Å². The van der Waals surface area contributed by atoms with Gasteiger partial charge in [0.05, 0.1) is 18.7 Å². The molecule has 1 fully saturated rings. The average molecular weight is 386 g/mol. The van der Waals surface area contributed by atoms with E-state index in [4.69, 9.17) is 0 Å². The lowest BCUT2D eigenvalue weighted by Gasteiger charge is -2.33. The first-order chi connectivity index (χ1) is 13.3. The summed E-state index contributed by atoms with van der Waals surface area (Å²) in [7, 11) is 0. The van der Waals surface area contributed by atoms with Gasteiger partial charge in [-0.3, -0.25) is 4.79 Å². The fraction of sp³-hybridized carbons (Fsp3) is 0.409. The molecule has 1 saturated heterocycles. The molecule has 2 heterocycles. The molecule has 0 radical (unpaired) electrons. The quantitative estimate of drug-likeness (QED) is 0.713. The van der Waals surface area contributed by atoms with Gasteiger partial charge in [-0.15, -0.1) is 0 Å². The Morgan fingerprint density at radius 2 is 1.64 bits per heavy atom. The minimum Gasteiger partial charge on any atom is -0.386 e. The zero-order chi connectivity index (χ0) is 20.1. The van der Waals surface area contributed by atoms with E-state index in [1.54, 1.807) is 24.0 Å². The molecule has 6 heteroatoms. The number of carbonyl (C=O) groups excluding carboxylic acids is 1. The van der Waals surface area contributed by atoms with Gasteiger partial charge in [-0.05, 0) is 56.2 Å². The van der Waals surface area contributed by atoms with Crippen LogP contribution >= 0.6 is 0 Å². The third-order valence-electron chi connectivity index (χ3n) is 5.72. The van der Waals surface area contributed by atoms with Gasteiger partial charge in [0.2, 0.25) is 5.91 Å². The molecule has 28 heavy (non-hydrogen) atoms. The standard InChI is InChI=1S/C22H24F2N2O2/c1-3-16-6-9-21(27)25(16)12-22(2,28)13-26-19-7-4-14(23)10-17(19)18-11-15(24)5-8-20(18)26/h4-5,7-8,10-11,16,28H,3,6,9,12-13H2,1-2H3. The Morgan fingerprint density at radius 1 is 1.07 bits per heavy atom. The van der Waals surface area contributed by atoms with Gasteiger partial charge in [0, 0.05) is 34.3 Å². The number of carbonyl (C=O) groups is 1. The van der Waals surface area contributed by atoms with E-state index >= 15 is 0 Å². The van der Waals surface area contributed by atoms with Crippen molar-refractivity contribution in [1.82, 2.24) is 9.47 Å². The summed E-state index contributed by atoms with van der Waals surface area (Å²) in [4.78, 5) is 14.0. The van der Waals surface area contributed by atoms with Crippen LogP contribution in [0.15, 0.2) is 36.4 Å². The number of likely N-dealkylation sites (tertiary alicyclic amines) is 1. The van der Waals surface area contributed by atoms with Crippen LogP contribution < -0.4 is 0 Å². The minimum atomic E-state index is -1.19. The van der Waals surface area contributed by atoms with Gasteiger partial charge in [0.15, 0.2) is 0 Å². The first-order valence-electron chi connectivity index (χ1n) is 9.68. The normalized spacial score (nSPS) is 19.7. The molecule has 3 aromatic rings. The van der Waals surface area contributed by atoms with Crippen LogP contribution in [0.3, 0.4) is 0 Å². The summed E-state index contributed by atoms with van der Waals surface area (Å²) in [6, 6.07) is 8.95. The predicted octanol–water partition coefficient (Wildman–Crippen LogP) is 4.22. The van der Waals surface area contributed by atoms with Crippen molar-refractivity contribution in [2.45, 2.75) is 51.3 Å². The molecule has 1 amide bonds. The molecule has 2 aromatic carbocycles. The third kappa shape index (κ3) is 3.26. The Balaban J connectivity index is 1.75. The fourth-order valence-corrected chi connectivity index (χ4v) is 4.41. The molecule has 0 bridgehead atoms. The van der Waals surface area contributed by atoms with E-state index in [-0.39, 0.29) is 25.0 Å². The molecule has 1 aliphatic heterocycles. The van der Waals surface area contributed by atoms with Gasteiger partial charge in [0.25, 0.3) is 0 Å². The van der Waals surface area contributed by atoms with Crippen LogP contribution in [0.25, 0.3) is 21.8 Å². The minimum absolute atomic E-state index is 0.0680. The summed E-state index contributed by atoms with van der Waals surface area (Å²) in [6.07, 6.45) is 2.19. The second kappa shape index (κ2) is 6.85. The Kier molecular flexibility index (Phi) is 4.62. The molecule has 0 spiro atoms. The van der Waals surface area contributed by atoms with Gasteiger partial charge in [-0.1, -0.05) is 6.92 Å². The average Bonchev–Trinajstić information content (AvgIpc) is 3.12. The Bertz CT molecular complexity index is 998. The van der Waals surface area contributed by atoms with E-state index in [0.717, 1.165) is 23.9 Å². The molecule has 0 saturated carbocycles. The molecule has 1 aliphatic rings. The Hall–Kier alpha value is -2.47. The lowest BCUT2D eigenvalue weighted by Crippen LogP contribution is -2.47. The summed E-state index contributed by atoms with van der Waals surface area (Å²) in [5, 5.41) is 12.4. The highest BCUT2D eigenvalue weighted by molar-refractivity contribution is 6.08. The predicted molar refractivity (Wildman–Crippen MR) is 105 cm³/mol. The Morgan fingerprint density at radius 3 is 2.18 bits per heavy atom. The SMILES string of the molecule is CCC1CCC(=O)N1CC(C)(O)Cn1c2ccc(F)cc2c2cc(F)ccc21. The number of fused-ring (bicyclic) bond motifs is 3. The van der Waals surface area contributed by atoms with Gasteiger partial charge < -0.3 is 14.6 Å². The summed E-state index contributed by atoms with van der Waals surface area (Å²) >= 11 is 0. The molecule has 4 nitrogen and oxygen atoms in total. The van der Waals surface area contributed by atoms with Crippen molar-refractivity contribution in [1.29, 1.82) is 0 Å². The van der Waals surface area contributed by atoms with E-state index in [9.17, 15) is 18.7 Å². The summed E-state index contributed by atoms with van der Waals surface area (Å²) < 4.78 is 29.5. The smallest absolute Gasteiger partial charge is 0.222 e. The highest BCUT2D eigenvalue weighted by atomic mass is 19.1. The zero-order valence-corrected chi connectivity index (χ0v) is 16.1. The molecular weight excluding hydrogens is 362 g/mol. The molecule has 148 valence electrons. The number of β-amino-alcohol motifs (C(OH)–C–C–N with tert-alkyl or cyclic N) is 1. The highest BCUT2D eigenvalue weighted by Crippen LogP contribution is 2.32. The second-order valence-corrected chi connectivity index (χ2v) is 8.03. The van der Waals surface area contributed by atoms with Crippen molar-refractivity contribution in [3.8, 4) is 0 Å². The molecule has 2 atom stereocenters. The number of rotatable bonds is 5. The van der Waals surface area contributed by atoms with Crippen molar-refractivity contribution in [2.75, 3.05) is 6.54 Å². The van der Waals surface area contributed by atoms with E-state index in [0.29, 0.717) is 17.2 Å². The van der Waals surface area contributed by atoms with Crippen LogP contribution in [0.1, 0.15) is 33.1 Å². The van der Waals surface area contributed by atoms with Crippen LogP contribution in [-0.2, 0) is 11.3 Å². The number of aromatic nitrogens is 1. The number of nitrogens with zero attached hydrogens (tertiary/aromatic N) is 2. The highest BCUT2D eigenvalue weighted by Gasteiger charge is 2.35. The maximum atomic E-state index is 13.8. The van der Waals surface area contributed by atoms with Crippen LogP contribution in [0, 0.1) is 11.6 Å². The largest absolute Gasteiger partial charge is 0.386 e. The summed E-state index contributed by atoms with van der Waals surface area (Å²) in [5.41, 5.74) is 0.263. The van der Waals surface area contributed by atoms with E-state index < -0.39 is 17.2 Å². The first-order valence-corrected chi connectivity index (χ1v) is 9.68. The summed E-state index contributed by atoms with van der Waals surface area (Å²) in [5.74, 6) is -0.717. The van der Waals surface area contributed by atoms with E-state index in [1.165, 1.54) is 24.3 Å². The van der Waals surface area contributed by atoms with Gasteiger partial charge >= 0.3 is 0 Å². The maximum Gasteiger partial charge on any atom is 0.222 e. The topological polar surface area (TPSA) is 45.5 Å². The Labute approximate surface area is 162 Å². The fourth-order valence-electron chi connectivity index (χ4n) is 4.41. The molecule has 2 unspecified atom stereocenters. The number of hydrogen-bond acceptors (Lipinski definition) is 2. The molecular formula is C22H24F2N2O2. The van der Waals surface area contributed by atoms with Crippen LogP contribution in [-0.4, -0.2) is 38.7 Å². The lowest BCUT2D eigenvalue weighted by atomic mass is 10.0. The third-order valence-corrected chi connectivity index (χ3v) is 5.72. The summed E-state index contributed by atoms with van der Waals surface area (Å²) in [6.45, 7) is 4.19. The monoisotopic (exact) mass is 386 g/mol. The first kappa shape index (κ1) is 18.9. The number of hydrogen-bond donors (Lipinski definition) is 1. The van der Waals surface area contributed by atoms with Crippen molar-refractivity contribution < 1.29 is 18.7 Å². The van der Waals surface area contributed by atoms with Gasteiger partial charge in [-0.25, -0.2) is 8.78 Å². The van der Waals surface area contributed by atoms with Crippen molar-refractivity contribution in [2.24, 2.45) is 0 Å². The second-order valence-electron chi connectivity index (χ2n) is 8.03. The molecule has 1 N–H and O–H groups in total. The van der Waals surface area contributed by atoms with Gasteiger partial charge in [-0.2, -0.15) is 0 Å². The van der Waals surface area contributed by atoms with Crippen molar-refractivity contribution in [3.05, 3.63) is 48.0 Å². The van der Waals surface area contributed by atoms with E-state index in [1.807, 2.05) is 11.5 Å². The van der Waals surface area contributed by atoms with Crippen molar-refractivity contribution >= 4 is 27.7 Å². The number of halogens is 2. The number of benzene rings is 2. The number of amides is 1. The molecule has 1 aromatic heterocycles. The van der Waals surface area contributed by atoms with Crippen molar-refractivity contribution in [3.63, 3.8) is 0 Å². The molecule has 0 aliphatic carbocycles. The van der Waals surface area contributed by atoms with Gasteiger partial charge in [0.1, 0.15) is 11.6 Å². The zero-order valence-electron chi connectivity index (χ0n) is 16.1. The molecule has 4 rings (SSSR count). The van der Waals surface area contributed by atoms with Crippen LogP contribution in [0.5, 0.6) is 0 Å².